The van der Waals surface area contributed by atoms with Gasteiger partial charge >= 0.3 is 21.7 Å². The number of hydrogen-bond acceptors (Lipinski definition) is 13. The summed E-state index contributed by atoms with van der Waals surface area (Å²) in [5, 5.41) is 0. The van der Waals surface area contributed by atoms with Crippen LogP contribution in [0.5, 0.6) is 0 Å². The SMILES string of the molecule is Nc1ncnc2c1ncn2[C@@H]1O[C@H](COP(=O)(O)OP(=O)(O)n2ccnc2)[C@H]2OC(=O)O[C@H]21. The molecule has 0 radical (unpaired) electrons. The van der Waals surface area contributed by atoms with Crippen molar-refractivity contribution < 1.29 is 46.8 Å². The number of rotatable bonds is 7. The Morgan fingerprint density at radius 1 is 1.15 bits per heavy atom. The van der Waals surface area contributed by atoms with Gasteiger partial charge in [-0.15, -0.1) is 0 Å². The number of anilines is 1. The molecular formula is C14H15N7O10P2. The molecule has 5 rings (SSSR count). The number of phosphoric acid groups is 1. The molecule has 3 aromatic heterocycles. The Morgan fingerprint density at radius 3 is 2.70 bits per heavy atom. The van der Waals surface area contributed by atoms with Crippen LogP contribution < -0.4 is 5.73 Å². The fraction of sp³-hybridized carbons (Fsp3) is 0.357. The van der Waals surface area contributed by atoms with Gasteiger partial charge in [0.05, 0.1) is 12.9 Å². The first-order valence-electron chi connectivity index (χ1n) is 9.11. The third-order valence-electron chi connectivity index (χ3n) is 4.81. The summed E-state index contributed by atoms with van der Waals surface area (Å²) in [6, 6.07) is 0. The Morgan fingerprint density at radius 2 is 1.94 bits per heavy atom. The Balaban J connectivity index is 1.34. The lowest BCUT2D eigenvalue weighted by atomic mass is 10.1. The van der Waals surface area contributed by atoms with Crippen LogP contribution in [0.1, 0.15) is 6.23 Å². The fourth-order valence-corrected chi connectivity index (χ4v) is 5.76. The van der Waals surface area contributed by atoms with Crippen molar-refractivity contribution in [1.29, 1.82) is 0 Å². The maximum Gasteiger partial charge on any atom is 0.509 e. The molecule has 0 aromatic carbocycles. The predicted molar refractivity (Wildman–Crippen MR) is 103 cm³/mol. The highest BCUT2D eigenvalue weighted by molar-refractivity contribution is 7.63. The van der Waals surface area contributed by atoms with Gasteiger partial charge in [0, 0.05) is 12.4 Å². The molecular weight excluding hydrogens is 488 g/mol. The summed E-state index contributed by atoms with van der Waals surface area (Å²) in [6.07, 6.45) is 0.630. The molecule has 2 fully saturated rings. The second kappa shape index (κ2) is 7.85. The number of ether oxygens (including phenoxy) is 3. The van der Waals surface area contributed by atoms with Gasteiger partial charge in [-0.1, -0.05) is 0 Å². The Hall–Kier alpha value is -2.91. The molecule has 176 valence electrons. The number of imidazole rings is 2. The van der Waals surface area contributed by atoms with Gasteiger partial charge in [-0.3, -0.25) is 9.09 Å². The molecule has 5 heterocycles. The predicted octanol–water partition coefficient (Wildman–Crippen LogP) is 0.189. The van der Waals surface area contributed by atoms with Crippen molar-refractivity contribution in [2.24, 2.45) is 0 Å². The zero-order valence-electron chi connectivity index (χ0n) is 16.2. The van der Waals surface area contributed by atoms with Gasteiger partial charge in [0.2, 0.25) is 0 Å². The van der Waals surface area contributed by atoms with Gasteiger partial charge in [-0.2, -0.15) is 4.31 Å². The van der Waals surface area contributed by atoms with Gasteiger partial charge in [-0.25, -0.2) is 38.2 Å². The maximum absolute atomic E-state index is 12.3. The van der Waals surface area contributed by atoms with Crippen LogP contribution in [0.4, 0.5) is 10.6 Å². The van der Waals surface area contributed by atoms with E-state index in [2.05, 4.69) is 24.2 Å². The third kappa shape index (κ3) is 4.00. The molecule has 19 heteroatoms. The maximum atomic E-state index is 12.3. The minimum absolute atomic E-state index is 0.123. The van der Waals surface area contributed by atoms with Gasteiger partial charge in [-0.05, 0) is 0 Å². The van der Waals surface area contributed by atoms with Crippen LogP contribution in [-0.4, -0.2) is 69.7 Å². The topological polar surface area (TPSA) is 225 Å². The minimum atomic E-state index is -5.06. The van der Waals surface area contributed by atoms with Crippen molar-refractivity contribution in [1.82, 2.24) is 28.8 Å². The van der Waals surface area contributed by atoms with E-state index >= 15 is 0 Å². The van der Waals surface area contributed by atoms with Gasteiger partial charge < -0.3 is 29.7 Å². The summed E-state index contributed by atoms with van der Waals surface area (Å²) in [5.74, 6) is 0.123. The smallest absolute Gasteiger partial charge is 0.424 e. The number of nitrogens with two attached hydrogens (primary N) is 1. The largest absolute Gasteiger partial charge is 0.509 e. The van der Waals surface area contributed by atoms with Gasteiger partial charge in [0.15, 0.2) is 29.9 Å². The molecule has 0 bridgehead atoms. The number of phosphoric ester groups is 1. The summed E-state index contributed by atoms with van der Waals surface area (Å²) in [4.78, 5) is 47.2. The van der Waals surface area contributed by atoms with E-state index in [-0.39, 0.29) is 17.0 Å². The molecule has 6 atom stereocenters. The lowest BCUT2D eigenvalue weighted by molar-refractivity contribution is -0.0693. The molecule has 2 saturated heterocycles. The van der Waals surface area contributed by atoms with Crippen molar-refractivity contribution in [2.75, 3.05) is 12.3 Å². The first-order chi connectivity index (χ1) is 15.6. The second-order valence-corrected chi connectivity index (χ2v) is 10.1. The standard InChI is InChI=1S/C14H15N7O10P2/c15-11-8-12(18-4-17-11)21(6-19-8)13-10-9(29-14(22)30-10)7(28-13)3-27-33(25,26)31-32(23,24)20-2-1-16-5-20/h1-2,4-7,9-10,13H,3H2,(H,23,24)(H,25,26)(H2,15,17,18)/t7-,9-,10-,13-/m1/s1. The van der Waals surface area contributed by atoms with E-state index in [0.29, 0.717) is 4.34 Å². The van der Waals surface area contributed by atoms with Crippen molar-refractivity contribution in [3.05, 3.63) is 31.4 Å². The van der Waals surface area contributed by atoms with E-state index in [1.165, 1.54) is 23.4 Å². The highest BCUT2D eigenvalue weighted by atomic mass is 31.3. The van der Waals surface area contributed by atoms with Gasteiger partial charge in [0.1, 0.15) is 24.3 Å². The average molecular weight is 503 g/mol. The van der Waals surface area contributed by atoms with E-state index in [1.54, 1.807) is 0 Å². The van der Waals surface area contributed by atoms with Crippen LogP contribution in [0.2, 0.25) is 0 Å². The lowest BCUT2D eigenvalue weighted by Crippen LogP contribution is -2.31. The highest BCUT2D eigenvalue weighted by Gasteiger charge is 2.56. The van der Waals surface area contributed by atoms with Crippen LogP contribution in [0.15, 0.2) is 31.4 Å². The van der Waals surface area contributed by atoms with Crippen LogP contribution in [0.25, 0.3) is 11.2 Å². The monoisotopic (exact) mass is 503 g/mol. The van der Waals surface area contributed by atoms with Crippen molar-refractivity contribution in [2.45, 2.75) is 24.5 Å². The summed E-state index contributed by atoms with van der Waals surface area (Å²) < 4.78 is 51.8. The van der Waals surface area contributed by atoms with Crippen LogP contribution in [0, 0.1) is 0 Å². The van der Waals surface area contributed by atoms with Crippen molar-refractivity contribution in [3.8, 4) is 0 Å². The van der Waals surface area contributed by atoms with Crippen LogP contribution >= 0.6 is 15.6 Å². The molecule has 4 N–H and O–H groups in total. The van der Waals surface area contributed by atoms with E-state index < -0.39 is 52.9 Å². The van der Waals surface area contributed by atoms with E-state index in [1.807, 2.05) is 0 Å². The molecule has 2 unspecified atom stereocenters. The summed E-state index contributed by atoms with van der Waals surface area (Å²) in [5.41, 5.74) is 6.36. The number of carbonyl (C=O) groups excluding carboxylic acids is 1. The fourth-order valence-electron chi connectivity index (χ4n) is 3.41. The zero-order chi connectivity index (χ0) is 23.4. The van der Waals surface area contributed by atoms with Crippen LogP contribution in [0.3, 0.4) is 0 Å². The van der Waals surface area contributed by atoms with E-state index in [0.717, 1.165) is 12.5 Å². The van der Waals surface area contributed by atoms with Crippen LogP contribution in [-0.2, 0) is 32.2 Å². The number of nitrogen functional groups attached to an aromatic ring is 1. The Bertz CT molecular complexity index is 1300. The third-order valence-corrected chi connectivity index (χ3v) is 7.78. The molecule has 33 heavy (non-hydrogen) atoms. The Kier molecular flexibility index (Phi) is 5.21. The average Bonchev–Trinajstić information content (AvgIpc) is 3.50. The molecule has 0 spiro atoms. The zero-order valence-corrected chi connectivity index (χ0v) is 18.0. The number of nitrogens with zero attached hydrogens (tertiary/aromatic N) is 6. The number of aromatic nitrogens is 6. The second-order valence-electron chi connectivity index (χ2n) is 6.84. The molecule has 3 aromatic rings. The van der Waals surface area contributed by atoms with E-state index in [4.69, 9.17) is 24.5 Å². The summed E-state index contributed by atoms with van der Waals surface area (Å²) in [6.45, 7) is -0.657. The lowest BCUT2D eigenvalue weighted by Gasteiger charge is -2.20. The molecule has 17 nitrogen and oxygen atoms in total. The molecule has 2 aliphatic heterocycles. The Labute approximate surface area is 183 Å². The number of hydrogen-bond donors (Lipinski definition) is 3. The number of carbonyl (C=O) groups is 1. The summed E-state index contributed by atoms with van der Waals surface area (Å²) >= 11 is 0. The molecule has 0 aliphatic carbocycles. The highest BCUT2D eigenvalue weighted by Crippen LogP contribution is 2.60. The van der Waals surface area contributed by atoms with Gasteiger partial charge in [0.25, 0.3) is 0 Å². The quantitative estimate of drug-likeness (QED) is 0.289. The normalized spacial score (nSPS) is 28.1. The minimum Gasteiger partial charge on any atom is -0.424 e. The first kappa shape index (κ1) is 21.9. The summed E-state index contributed by atoms with van der Waals surface area (Å²) in [7, 11) is -9.83. The molecule has 2 aliphatic rings. The molecule has 0 saturated carbocycles. The van der Waals surface area contributed by atoms with Crippen molar-refractivity contribution >= 4 is 38.7 Å². The molecule has 0 amide bonds. The first-order valence-corrected chi connectivity index (χ1v) is 12.1. The van der Waals surface area contributed by atoms with E-state index in [9.17, 15) is 23.7 Å². The van der Waals surface area contributed by atoms with Crippen molar-refractivity contribution in [3.63, 3.8) is 0 Å². The number of fused-ring (bicyclic) bond motifs is 2.